The fourth-order valence-electron chi connectivity index (χ4n) is 3.18. The SMILES string of the molecule is NC(=O)c1cnc2c(-c3cccc(Cl)c3Cl)cnnc2c1N1CCOCC1. The van der Waals surface area contributed by atoms with Crippen LogP contribution in [0.3, 0.4) is 0 Å². The molecule has 0 spiro atoms. The third kappa shape index (κ3) is 3.18. The van der Waals surface area contributed by atoms with Gasteiger partial charge in [-0.3, -0.25) is 9.78 Å². The fourth-order valence-corrected chi connectivity index (χ4v) is 3.59. The first-order valence-corrected chi connectivity index (χ1v) is 9.05. The Labute approximate surface area is 165 Å². The number of primary amides is 1. The molecule has 0 saturated carbocycles. The topological polar surface area (TPSA) is 94.2 Å². The molecule has 2 aromatic heterocycles. The van der Waals surface area contributed by atoms with Crippen molar-refractivity contribution in [2.24, 2.45) is 5.73 Å². The Bertz CT molecular complexity index is 1040. The van der Waals surface area contributed by atoms with Crippen LogP contribution in [0.1, 0.15) is 10.4 Å². The van der Waals surface area contributed by atoms with Gasteiger partial charge in [-0.1, -0.05) is 35.3 Å². The Balaban J connectivity index is 1.99. The molecule has 138 valence electrons. The number of pyridine rings is 1. The lowest BCUT2D eigenvalue weighted by atomic mass is 10.0. The quantitative estimate of drug-likeness (QED) is 0.722. The van der Waals surface area contributed by atoms with Crippen molar-refractivity contribution in [3.8, 4) is 11.1 Å². The lowest BCUT2D eigenvalue weighted by Gasteiger charge is -2.30. The van der Waals surface area contributed by atoms with E-state index in [2.05, 4.69) is 15.2 Å². The average Bonchev–Trinajstić information content (AvgIpc) is 2.69. The van der Waals surface area contributed by atoms with E-state index in [4.69, 9.17) is 33.7 Å². The first kappa shape index (κ1) is 17.9. The number of nitrogens with zero attached hydrogens (tertiary/aromatic N) is 4. The van der Waals surface area contributed by atoms with Gasteiger partial charge >= 0.3 is 0 Å². The predicted octanol–water partition coefficient (Wildman–Crippen LogP) is 2.93. The molecule has 0 radical (unpaired) electrons. The number of fused-ring (bicyclic) bond motifs is 1. The molecular weight excluding hydrogens is 389 g/mol. The van der Waals surface area contributed by atoms with Crippen molar-refractivity contribution in [1.82, 2.24) is 15.2 Å². The van der Waals surface area contributed by atoms with Crippen molar-refractivity contribution in [3.05, 3.63) is 46.2 Å². The number of hydrogen-bond donors (Lipinski definition) is 1. The number of anilines is 1. The zero-order chi connectivity index (χ0) is 19.0. The van der Waals surface area contributed by atoms with Crippen molar-refractivity contribution < 1.29 is 9.53 Å². The number of halogens is 2. The van der Waals surface area contributed by atoms with Crippen LogP contribution in [0.25, 0.3) is 22.2 Å². The monoisotopic (exact) mass is 403 g/mol. The Morgan fingerprint density at radius 3 is 2.63 bits per heavy atom. The summed E-state index contributed by atoms with van der Waals surface area (Å²) in [5.41, 5.74) is 8.92. The third-order valence-electron chi connectivity index (χ3n) is 4.46. The van der Waals surface area contributed by atoms with Gasteiger partial charge in [-0.15, -0.1) is 5.10 Å². The summed E-state index contributed by atoms with van der Waals surface area (Å²) in [6, 6.07) is 5.35. The highest BCUT2D eigenvalue weighted by molar-refractivity contribution is 6.43. The second-order valence-corrected chi connectivity index (χ2v) is 6.83. The molecule has 1 aliphatic heterocycles. The molecule has 0 unspecified atom stereocenters. The smallest absolute Gasteiger partial charge is 0.252 e. The van der Waals surface area contributed by atoms with Crippen LogP contribution < -0.4 is 10.6 Å². The molecule has 1 aliphatic rings. The molecule has 0 bridgehead atoms. The minimum atomic E-state index is -0.570. The van der Waals surface area contributed by atoms with Gasteiger partial charge in [0.2, 0.25) is 0 Å². The van der Waals surface area contributed by atoms with Gasteiger partial charge in [-0.2, -0.15) is 5.10 Å². The molecule has 0 atom stereocenters. The Hall–Kier alpha value is -2.48. The summed E-state index contributed by atoms with van der Waals surface area (Å²) in [6.07, 6.45) is 3.05. The highest BCUT2D eigenvalue weighted by Crippen LogP contribution is 2.38. The van der Waals surface area contributed by atoms with Crippen LogP contribution in [-0.2, 0) is 4.74 Å². The van der Waals surface area contributed by atoms with E-state index in [1.165, 1.54) is 6.20 Å². The van der Waals surface area contributed by atoms with Crippen LogP contribution in [0.5, 0.6) is 0 Å². The number of ether oxygens (including phenoxy) is 1. The summed E-state index contributed by atoms with van der Waals surface area (Å²) in [7, 11) is 0. The Morgan fingerprint density at radius 1 is 1.11 bits per heavy atom. The summed E-state index contributed by atoms with van der Waals surface area (Å²) in [6.45, 7) is 2.33. The molecule has 1 amide bonds. The zero-order valence-electron chi connectivity index (χ0n) is 14.2. The molecule has 1 saturated heterocycles. The van der Waals surface area contributed by atoms with Crippen LogP contribution in [0.4, 0.5) is 5.69 Å². The maximum atomic E-state index is 12.0. The second-order valence-electron chi connectivity index (χ2n) is 6.04. The minimum absolute atomic E-state index is 0.299. The van der Waals surface area contributed by atoms with Crippen LogP contribution in [-0.4, -0.2) is 47.4 Å². The molecule has 1 fully saturated rings. The van der Waals surface area contributed by atoms with Gasteiger partial charge in [0.05, 0.1) is 40.7 Å². The summed E-state index contributed by atoms with van der Waals surface area (Å²) in [5.74, 6) is -0.570. The van der Waals surface area contributed by atoms with E-state index in [1.807, 2.05) is 11.0 Å². The molecule has 1 aromatic carbocycles. The fraction of sp³-hybridized carbons (Fsp3) is 0.222. The maximum absolute atomic E-state index is 12.0. The van der Waals surface area contributed by atoms with Crippen molar-refractivity contribution in [2.45, 2.75) is 0 Å². The van der Waals surface area contributed by atoms with E-state index < -0.39 is 5.91 Å². The number of nitrogens with two attached hydrogens (primary N) is 1. The van der Waals surface area contributed by atoms with Crippen molar-refractivity contribution in [3.63, 3.8) is 0 Å². The van der Waals surface area contributed by atoms with Crippen LogP contribution in [0, 0.1) is 0 Å². The summed E-state index contributed by atoms with van der Waals surface area (Å²) in [4.78, 5) is 18.5. The highest BCUT2D eigenvalue weighted by atomic mass is 35.5. The lowest BCUT2D eigenvalue weighted by Crippen LogP contribution is -2.38. The minimum Gasteiger partial charge on any atom is -0.378 e. The number of hydrogen-bond acceptors (Lipinski definition) is 6. The number of carbonyl (C=O) groups is 1. The van der Waals surface area contributed by atoms with Crippen molar-refractivity contribution in [2.75, 3.05) is 31.2 Å². The molecular formula is C18H15Cl2N5O2. The largest absolute Gasteiger partial charge is 0.378 e. The average molecular weight is 404 g/mol. The number of rotatable bonds is 3. The Morgan fingerprint density at radius 2 is 1.89 bits per heavy atom. The first-order chi connectivity index (χ1) is 13.1. The Kier molecular flexibility index (Phi) is 4.82. The molecule has 0 aliphatic carbocycles. The van der Waals surface area contributed by atoms with Crippen LogP contribution in [0.15, 0.2) is 30.6 Å². The molecule has 3 aromatic rings. The van der Waals surface area contributed by atoms with E-state index in [0.717, 1.165) is 0 Å². The molecule has 27 heavy (non-hydrogen) atoms. The molecule has 4 rings (SSSR count). The highest BCUT2D eigenvalue weighted by Gasteiger charge is 2.24. The number of benzene rings is 1. The summed E-state index contributed by atoms with van der Waals surface area (Å²) >= 11 is 12.6. The van der Waals surface area contributed by atoms with Gasteiger partial charge < -0.3 is 15.4 Å². The van der Waals surface area contributed by atoms with Gasteiger partial charge in [-0.25, -0.2) is 0 Å². The van der Waals surface area contributed by atoms with E-state index in [1.54, 1.807) is 18.3 Å². The normalized spacial score (nSPS) is 14.5. The lowest BCUT2D eigenvalue weighted by molar-refractivity contribution is 0.0998. The number of aromatic nitrogens is 3. The standard InChI is InChI=1S/C18H15Cl2N5O2/c19-13-3-1-2-10(14(13)20)11-9-23-24-16-15(11)22-8-12(18(21)26)17(16)25-4-6-27-7-5-25/h1-3,8-9H,4-7H2,(H2,21,26). The summed E-state index contributed by atoms with van der Waals surface area (Å²) < 4.78 is 5.41. The maximum Gasteiger partial charge on any atom is 0.252 e. The second kappa shape index (κ2) is 7.26. The number of amides is 1. The number of carbonyl (C=O) groups excluding carboxylic acids is 1. The molecule has 7 nitrogen and oxygen atoms in total. The van der Waals surface area contributed by atoms with E-state index in [-0.39, 0.29) is 0 Å². The third-order valence-corrected chi connectivity index (χ3v) is 5.28. The van der Waals surface area contributed by atoms with Crippen LogP contribution in [0.2, 0.25) is 10.0 Å². The molecule has 9 heteroatoms. The predicted molar refractivity (Wildman–Crippen MR) is 104 cm³/mol. The van der Waals surface area contributed by atoms with E-state index in [0.29, 0.717) is 69.8 Å². The molecule has 2 N–H and O–H groups in total. The number of morpholine rings is 1. The van der Waals surface area contributed by atoms with Crippen molar-refractivity contribution >= 4 is 45.8 Å². The van der Waals surface area contributed by atoms with Gasteiger partial charge in [0.1, 0.15) is 11.0 Å². The van der Waals surface area contributed by atoms with Gasteiger partial charge in [-0.05, 0) is 6.07 Å². The van der Waals surface area contributed by atoms with Gasteiger partial charge in [0, 0.05) is 30.4 Å². The summed E-state index contributed by atoms with van der Waals surface area (Å²) in [5, 5.41) is 9.21. The van der Waals surface area contributed by atoms with E-state index in [9.17, 15) is 4.79 Å². The van der Waals surface area contributed by atoms with E-state index >= 15 is 0 Å². The molecule has 3 heterocycles. The zero-order valence-corrected chi connectivity index (χ0v) is 15.7. The van der Waals surface area contributed by atoms with Crippen molar-refractivity contribution in [1.29, 1.82) is 0 Å². The first-order valence-electron chi connectivity index (χ1n) is 8.29. The van der Waals surface area contributed by atoms with Gasteiger partial charge in [0.15, 0.2) is 0 Å². The van der Waals surface area contributed by atoms with Gasteiger partial charge in [0.25, 0.3) is 5.91 Å². The van der Waals surface area contributed by atoms with Crippen LogP contribution >= 0.6 is 23.2 Å².